The summed E-state index contributed by atoms with van der Waals surface area (Å²) < 4.78 is 17.9. The predicted octanol–water partition coefficient (Wildman–Crippen LogP) is 5.44. The summed E-state index contributed by atoms with van der Waals surface area (Å²) in [6.45, 7) is 0. The van der Waals surface area contributed by atoms with E-state index >= 15 is 0 Å². The summed E-state index contributed by atoms with van der Waals surface area (Å²) in [7, 11) is 0.0276. The monoisotopic (exact) mass is 495 g/mol. The van der Waals surface area contributed by atoms with Crippen LogP contribution in [0.2, 0.25) is 5.02 Å². The van der Waals surface area contributed by atoms with Crippen LogP contribution in [0.5, 0.6) is 0 Å². The number of hydrogen-bond donors (Lipinski definition) is 0. The van der Waals surface area contributed by atoms with Crippen molar-refractivity contribution < 1.29 is 13.7 Å². The number of esters is 1. The second kappa shape index (κ2) is 10.7. The minimum absolute atomic E-state index is 0.203. The van der Waals surface area contributed by atoms with Crippen molar-refractivity contribution >= 4 is 40.1 Å². The fourth-order valence-electron chi connectivity index (χ4n) is 2.98. The third-order valence-electron chi connectivity index (χ3n) is 4.56. The number of carbonyl (C=O) groups is 1. The molecule has 166 valence electrons. The van der Waals surface area contributed by atoms with Crippen LogP contribution in [-0.4, -0.2) is 32.2 Å². The molecule has 9 heteroatoms. The molecule has 4 rings (SSSR count). The lowest BCUT2D eigenvalue weighted by molar-refractivity contribution is 0.0597. The van der Waals surface area contributed by atoms with Gasteiger partial charge in [0.25, 0.3) is 0 Å². The molecule has 4 aromatic rings. The second-order valence-electron chi connectivity index (χ2n) is 6.79. The Bertz CT molecular complexity index is 1300. The molecule has 0 fully saturated rings. The molecule has 0 spiro atoms. The van der Waals surface area contributed by atoms with Crippen molar-refractivity contribution in [3.8, 4) is 11.4 Å². The lowest BCUT2D eigenvalue weighted by Crippen LogP contribution is -2.04. The summed E-state index contributed by atoms with van der Waals surface area (Å²) >= 11 is 7.27. The molecule has 0 bridgehead atoms. The third-order valence-corrected chi connectivity index (χ3v) is 7.16. The molecule has 0 saturated heterocycles. The Hall–Kier alpha value is -3.07. The van der Waals surface area contributed by atoms with Crippen molar-refractivity contribution in [2.75, 3.05) is 7.11 Å². The van der Waals surface area contributed by atoms with Crippen LogP contribution in [-0.2, 0) is 21.3 Å². The van der Waals surface area contributed by atoms with Gasteiger partial charge in [0, 0.05) is 32.8 Å². The highest BCUT2D eigenvalue weighted by molar-refractivity contribution is 7.99. The Balaban J connectivity index is 1.71. The zero-order valence-corrected chi connectivity index (χ0v) is 19.9. The molecule has 0 N–H and O–H groups in total. The van der Waals surface area contributed by atoms with Crippen LogP contribution in [0.15, 0.2) is 93.9 Å². The molecule has 0 amide bonds. The van der Waals surface area contributed by atoms with E-state index < -0.39 is 16.8 Å². The summed E-state index contributed by atoms with van der Waals surface area (Å²) in [5.41, 5.74) is 1.84. The fourth-order valence-corrected chi connectivity index (χ4v) is 5.09. The van der Waals surface area contributed by atoms with E-state index in [1.165, 1.54) is 18.9 Å². The summed E-state index contributed by atoms with van der Waals surface area (Å²) in [4.78, 5) is 26.9. The van der Waals surface area contributed by atoms with Gasteiger partial charge < -0.3 is 4.74 Å². The molecule has 0 aliphatic heterocycles. The highest BCUT2D eigenvalue weighted by atomic mass is 35.5. The average molecular weight is 496 g/mol. The topological polar surface area (TPSA) is 82.0 Å². The van der Waals surface area contributed by atoms with Crippen LogP contribution in [0.25, 0.3) is 11.4 Å². The van der Waals surface area contributed by atoms with Gasteiger partial charge in [0.1, 0.15) is 5.03 Å². The van der Waals surface area contributed by atoms with Crippen LogP contribution in [0, 0.1) is 0 Å². The second-order valence-corrected chi connectivity index (χ2v) is 9.74. The van der Waals surface area contributed by atoms with Gasteiger partial charge in [0.05, 0.1) is 34.9 Å². The van der Waals surface area contributed by atoms with Gasteiger partial charge in [0.2, 0.25) is 0 Å². The van der Waals surface area contributed by atoms with E-state index in [0.717, 1.165) is 5.56 Å². The largest absolute Gasteiger partial charge is 0.465 e. The van der Waals surface area contributed by atoms with Crippen molar-refractivity contribution in [1.82, 2.24) is 15.0 Å². The molecule has 2 heterocycles. The number of carbonyl (C=O) groups excluding carboxylic acids is 1. The predicted molar refractivity (Wildman–Crippen MR) is 129 cm³/mol. The Morgan fingerprint density at radius 1 is 1.03 bits per heavy atom. The number of pyridine rings is 1. The number of nitrogens with zero attached hydrogens (tertiary/aromatic N) is 3. The number of benzene rings is 2. The van der Waals surface area contributed by atoms with E-state index in [1.54, 1.807) is 54.9 Å². The molecule has 0 aliphatic carbocycles. The van der Waals surface area contributed by atoms with Crippen LogP contribution in [0.4, 0.5) is 0 Å². The maximum Gasteiger partial charge on any atom is 0.339 e. The quantitative estimate of drug-likeness (QED) is 0.249. The highest BCUT2D eigenvalue weighted by Gasteiger charge is 2.16. The molecule has 2 aromatic carbocycles. The zero-order valence-electron chi connectivity index (χ0n) is 17.5. The SMILES string of the molecule is COC(=O)c1ccccc1Sc1cc(C[S@@](=O)c2ccc(Cl)cc2)nc(-c2ccncc2)n1. The van der Waals surface area contributed by atoms with Gasteiger partial charge >= 0.3 is 5.97 Å². The van der Waals surface area contributed by atoms with E-state index in [1.807, 2.05) is 24.3 Å². The summed E-state index contributed by atoms with van der Waals surface area (Å²) in [5, 5.41) is 1.21. The van der Waals surface area contributed by atoms with Crippen molar-refractivity contribution in [3.05, 3.63) is 95.4 Å². The average Bonchev–Trinajstić information content (AvgIpc) is 2.84. The smallest absolute Gasteiger partial charge is 0.339 e. The molecule has 0 aliphatic rings. The number of halogens is 1. The lowest BCUT2D eigenvalue weighted by Gasteiger charge is -2.10. The fraction of sp³-hybridized carbons (Fsp3) is 0.0833. The maximum atomic E-state index is 13.0. The number of aromatic nitrogens is 3. The van der Waals surface area contributed by atoms with Crippen LogP contribution >= 0.6 is 23.4 Å². The molecule has 33 heavy (non-hydrogen) atoms. The molecule has 0 saturated carbocycles. The van der Waals surface area contributed by atoms with Crippen LogP contribution < -0.4 is 0 Å². The van der Waals surface area contributed by atoms with Crippen molar-refractivity contribution in [2.45, 2.75) is 20.6 Å². The minimum Gasteiger partial charge on any atom is -0.465 e. The van der Waals surface area contributed by atoms with E-state index in [4.69, 9.17) is 16.3 Å². The molecule has 0 radical (unpaired) electrons. The van der Waals surface area contributed by atoms with E-state index in [-0.39, 0.29) is 5.75 Å². The third kappa shape index (κ3) is 5.84. The van der Waals surface area contributed by atoms with Gasteiger partial charge in [-0.3, -0.25) is 9.19 Å². The van der Waals surface area contributed by atoms with E-state index in [9.17, 15) is 9.00 Å². The first-order valence-corrected chi connectivity index (χ1v) is 12.3. The van der Waals surface area contributed by atoms with Crippen molar-refractivity contribution in [1.29, 1.82) is 0 Å². The zero-order chi connectivity index (χ0) is 23.2. The molecule has 0 unspecified atom stereocenters. The van der Waals surface area contributed by atoms with Gasteiger partial charge in [-0.1, -0.05) is 35.5 Å². The van der Waals surface area contributed by atoms with Gasteiger partial charge in [-0.2, -0.15) is 0 Å². The Morgan fingerprint density at radius 3 is 2.48 bits per heavy atom. The van der Waals surface area contributed by atoms with Crippen LogP contribution in [0.1, 0.15) is 16.1 Å². The normalized spacial score (nSPS) is 11.7. The number of ether oxygens (including phenoxy) is 1. The van der Waals surface area contributed by atoms with Gasteiger partial charge in [-0.05, 0) is 54.6 Å². The van der Waals surface area contributed by atoms with Gasteiger partial charge in [-0.15, -0.1) is 0 Å². The molecular formula is C24H18ClN3O3S2. The summed E-state index contributed by atoms with van der Waals surface area (Å²) in [6.07, 6.45) is 3.33. The number of methoxy groups -OCH3 is 1. The van der Waals surface area contributed by atoms with E-state index in [2.05, 4.69) is 15.0 Å². The first kappa shape index (κ1) is 23.1. The van der Waals surface area contributed by atoms with Crippen molar-refractivity contribution in [2.24, 2.45) is 0 Å². The first-order chi connectivity index (χ1) is 16.0. The number of hydrogen-bond acceptors (Lipinski definition) is 7. The van der Waals surface area contributed by atoms with Crippen LogP contribution in [0.3, 0.4) is 0 Å². The molecule has 6 nitrogen and oxygen atoms in total. The number of rotatable bonds is 7. The standard InChI is InChI=1S/C24H18ClN3O3S2/c1-31-24(29)20-4-2-3-5-21(20)32-22-14-18(15-33(30)19-8-6-17(25)7-9-19)27-23(28-22)16-10-12-26-13-11-16/h2-14H,15H2,1H3/t33-/m1/s1. The summed E-state index contributed by atoms with van der Waals surface area (Å²) in [6, 6.07) is 19.5. The first-order valence-electron chi connectivity index (χ1n) is 9.81. The van der Waals surface area contributed by atoms with Gasteiger partial charge in [-0.25, -0.2) is 14.8 Å². The Kier molecular flexibility index (Phi) is 7.49. The molecule has 2 aromatic heterocycles. The van der Waals surface area contributed by atoms with E-state index in [0.29, 0.717) is 36.9 Å². The Morgan fingerprint density at radius 2 is 1.76 bits per heavy atom. The van der Waals surface area contributed by atoms with Crippen molar-refractivity contribution in [3.63, 3.8) is 0 Å². The Labute approximate surface area is 202 Å². The summed E-state index contributed by atoms with van der Waals surface area (Å²) in [5.74, 6) is 0.265. The lowest BCUT2D eigenvalue weighted by atomic mass is 10.2. The van der Waals surface area contributed by atoms with Gasteiger partial charge in [0.15, 0.2) is 5.82 Å². The maximum absolute atomic E-state index is 13.0. The highest BCUT2D eigenvalue weighted by Crippen LogP contribution is 2.31. The molecule has 1 atom stereocenters. The molecular weight excluding hydrogens is 478 g/mol. The minimum atomic E-state index is -1.32.